The molecule has 0 fully saturated rings. The molecule has 1 aromatic carbocycles. The van der Waals surface area contributed by atoms with Crippen molar-refractivity contribution in [2.45, 2.75) is 18.2 Å². The summed E-state index contributed by atoms with van der Waals surface area (Å²) in [6.07, 6.45) is 0.947. The molecule has 0 heterocycles. The van der Waals surface area contributed by atoms with Gasteiger partial charge in [-0.15, -0.1) is 23.4 Å². The number of hydrogen-bond donors (Lipinski definition) is 0. The highest BCUT2D eigenvalue weighted by Gasteiger charge is 2.07. The minimum absolute atomic E-state index is 0.147. The fourth-order valence-corrected chi connectivity index (χ4v) is 2.40. The molecule has 0 aliphatic heterocycles. The van der Waals surface area contributed by atoms with E-state index in [2.05, 4.69) is 0 Å². The fraction of sp³-hybridized carbons (Fsp3) is 0.400. The summed E-state index contributed by atoms with van der Waals surface area (Å²) in [5, 5.41) is 10.5. The second-order valence-electron chi connectivity index (χ2n) is 3.10. The Morgan fingerprint density at radius 1 is 1.53 bits per heavy atom. The molecule has 0 saturated heterocycles. The largest absolute Gasteiger partial charge is 0.269 e. The Labute approximate surface area is 98.0 Å². The van der Waals surface area contributed by atoms with E-state index in [4.69, 9.17) is 11.6 Å². The minimum Gasteiger partial charge on any atom is -0.258 e. The lowest BCUT2D eigenvalue weighted by Crippen LogP contribution is -1.90. The second-order valence-corrected chi connectivity index (χ2v) is 4.61. The molecule has 0 aliphatic rings. The van der Waals surface area contributed by atoms with Crippen LogP contribution in [0, 0.1) is 17.0 Å². The Hall–Kier alpha value is -0.740. The quantitative estimate of drug-likeness (QED) is 0.262. The van der Waals surface area contributed by atoms with E-state index < -0.39 is 0 Å². The van der Waals surface area contributed by atoms with Crippen molar-refractivity contribution in [2.24, 2.45) is 0 Å². The summed E-state index contributed by atoms with van der Waals surface area (Å²) < 4.78 is 0. The van der Waals surface area contributed by atoms with Crippen LogP contribution in [0.3, 0.4) is 0 Å². The molecule has 0 amide bonds. The predicted molar refractivity (Wildman–Crippen MR) is 63.9 cm³/mol. The molecule has 0 aromatic heterocycles. The number of thioether (sulfide) groups is 1. The molecule has 15 heavy (non-hydrogen) atoms. The topological polar surface area (TPSA) is 43.1 Å². The van der Waals surface area contributed by atoms with Crippen LogP contribution in [0.5, 0.6) is 0 Å². The molecule has 0 N–H and O–H groups in total. The summed E-state index contributed by atoms with van der Waals surface area (Å²) in [5.41, 5.74) is 1.10. The lowest BCUT2D eigenvalue weighted by Gasteiger charge is -2.04. The molecule has 0 atom stereocenters. The maximum atomic E-state index is 10.5. The number of nitro benzene ring substituents is 1. The number of nitrogens with zero attached hydrogens (tertiary/aromatic N) is 1. The monoisotopic (exact) mass is 245 g/mol. The highest BCUT2D eigenvalue weighted by molar-refractivity contribution is 7.99. The lowest BCUT2D eigenvalue weighted by molar-refractivity contribution is -0.385. The zero-order valence-electron chi connectivity index (χ0n) is 8.40. The van der Waals surface area contributed by atoms with Gasteiger partial charge in [-0.1, -0.05) is 0 Å². The van der Waals surface area contributed by atoms with Crippen molar-refractivity contribution >= 4 is 29.1 Å². The van der Waals surface area contributed by atoms with Crippen LogP contribution >= 0.6 is 23.4 Å². The highest BCUT2D eigenvalue weighted by atomic mass is 35.5. The average Bonchev–Trinajstić information content (AvgIpc) is 2.20. The van der Waals surface area contributed by atoms with Gasteiger partial charge in [0.1, 0.15) is 0 Å². The molecule has 0 spiro atoms. The molecule has 0 bridgehead atoms. The molecule has 1 rings (SSSR count). The molecule has 0 saturated carbocycles. The van der Waals surface area contributed by atoms with Gasteiger partial charge in [0.2, 0.25) is 0 Å². The van der Waals surface area contributed by atoms with Gasteiger partial charge in [0.15, 0.2) is 0 Å². The first-order valence-electron chi connectivity index (χ1n) is 4.59. The third-order valence-electron chi connectivity index (χ3n) is 1.90. The van der Waals surface area contributed by atoms with Crippen LogP contribution in [0.25, 0.3) is 0 Å². The maximum absolute atomic E-state index is 10.5. The smallest absolute Gasteiger partial charge is 0.258 e. The molecule has 0 aliphatic carbocycles. The maximum Gasteiger partial charge on any atom is 0.269 e. The number of aryl methyl sites for hydroxylation is 1. The Kier molecular flexibility index (Phi) is 4.91. The van der Waals surface area contributed by atoms with Crippen LogP contribution < -0.4 is 0 Å². The molecule has 3 nitrogen and oxygen atoms in total. The van der Waals surface area contributed by atoms with Crippen LogP contribution in [-0.4, -0.2) is 16.6 Å². The Morgan fingerprint density at radius 3 is 2.80 bits per heavy atom. The summed E-state index contributed by atoms with van der Waals surface area (Å²) in [5.74, 6) is 1.60. The van der Waals surface area contributed by atoms with E-state index in [9.17, 15) is 10.1 Å². The second kappa shape index (κ2) is 5.98. The number of hydrogen-bond acceptors (Lipinski definition) is 3. The molecular formula is C10H12ClNO2S. The van der Waals surface area contributed by atoms with Crippen molar-refractivity contribution in [3.8, 4) is 0 Å². The van der Waals surface area contributed by atoms with Crippen LogP contribution in [0.2, 0.25) is 0 Å². The van der Waals surface area contributed by atoms with Gasteiger partial charge in [-0.05, 0) is 30.7 Å². The predicted octanol–water partition coefficient (Wildman–Crippen LogP) is 3.62. The molecule has 82 valence electrons. The summed E-state index contributed by atoms with van der Waals surface area (Å²) in [6, 6.07) is 4.94. The first kappa shape index (κ1) is 12.3. The van der Waals surface area contributed by atoms with Gasteiger partial charge in [0.05, 0.1) is 4.92 Å². The van der Waals surface area contributed by atoms with Crippen molar-refractivity contribution in [2.75, 3.05) is 11.6 Å². The van der Waals surface area contributed by atoms with E-state index in [1.54, 1.807) is 23.9 Å². The number of alkyl halides is 1. The molecule has 1 aromatic rings. The van der Waals surface area contributed by atoms with Crippen molar-refractivity contribution < 1.29 is 4.92 Å². The van der Waals surface area contributed by atoms with Gasteiger partial charge in [0, 0.05) is 22.9 Å². The van der Waals surface area contributed by atoms with Crippen molar-refractivity contribution in [3.05, 3.63) is 33.9 Å². The van der Waals surface area contributed by atoms with E-state index >= 15 is 0 Å². The van der Waals surface area contributed by atoms with Gasteiger partial charge in [-0.3, -0.25) is 10.1 Å². The third-order valence-corrected chi connectivity index (χ3v) is 3.43. The molecule has 0 unspecified atom stereocenters. The third kappa shape index (κ3) is 3.72. The average molecular weight is 246 g/mol. The fourth-order valence-electron chi connectivity index (χ4n) is 1.15. The Morgan fingerprint density at radius 2 is 2.27 bits per heavy atom. The lowest BCUT2D eigenvalue weighted by atomic mass is 10.2. The van der Waals surface area contributed by atoms with E-state index in [0.717, 1.165) is 22.6 Å². The Balaban J connectivity index is 2.70. The summed E-state index contributed by atoms with van der Waals surface area (Å²) in [7, 11) is 0. The first-order chi connectivity index (χ1) is 7.15. The number of non-ortho nitro benzene ring substituents is 1. The van der Waals surface area contributed by atoms with E-state index in [-0.39, 0.29) is 10.6 Å². The molecule has 0 radical (unpaired) electrons. The Bertz CT molecular complexity index is 357. The molecule has 5 heteroatoms. The van der Waals surface area contributed by atoms with Crippen LogP contribution in [0.4, 0.5) is 5.69 Å². The van der Waals surface area contributed by atoms with Gasteiger partial charge in [-0.2, -0.15) is 0 Å². The van der Waals surface area contributed by atoms with Gasteiger partial charge < -0.3 is 0 Å². The van der Waals surface area contributed by atoms with Crippen LogP contribution in [-0.2, 0) is 0 Å². The van der Waals surface area contributed by atoms with Crippen LogP contribution in [0.15, 0.2) is 23.1 Å². The van der Waals surface area contributed by atoms with E-state index in [1.807, 2.05) is 6.92 Å². The zero-order valence-corrected chi connectivity index (χ0v) is 9.98. The number of nitro groups is 1. The van der Waals surface area contributed by atoms with E-state index in [1.165, 1.54) is 6.07 Å². The van der Waals surface area contributed by atoms with Crippen molar-refractivity contribution in [3.63, 3.8) is 0 Å². The number of rotatable bonds is 5. The van der Waals surface area contributed by atoms with Crippen LogP contribution in [0.1, 0.15) is 12.0 Å². The first-order valence-corrected chi connectivity index (χ1v) is 6.11. The summed E-state index contributed by atoms with van der Waals surface area (Å²) in [6.45, 7) is 1.88. The standard InChI is InChI=1S/C10H12ClNO2S/c1-8-7-9(12(13)14)3-4-10(8)15-6-2-5-11/h3-4,7H,2,5-6H2,1H3. The van der Waals surface area contributed by atoms with Gasteiger partial charge in [0.25, 0.3) is 5.69 Å². The zero-order chi connectivity index (χ0) is 11.3. The normalized spacial score (nSPS) is 10.3. The van der Waals surface area contributed by atoms with E-state index in [0.29, 0.717) is 5.88 Å². The highest BCUT2D eigenvalue weighted by Crippen LogP contribution is 2.26. The van der Waals surface area contributed by atoms with Crippen molar-refractivity contribution in [1.82, 2.24) is 0 Å². The number of benzene rings is 1. The van der Waals surface area contributed by atoms with Gasteiger partial charge in [-0.25, -0.2) is 0 Å². The SMILES string of the molecule is Cc1cc([N+](=O)[O-])ccc1SCCCCl. The molecular weight excluding hydrogens is 234 g/mol. The summed E-state index contributed by atoms with van der Waals surface area (Å²) >= 11 is 7.26. The van der Waals surface area contributed by atoms with Gasteiger partial charge >= 0.3 is 0 Å². The van der Waals surface area contributed by atoms with Crippen molar-refractivity contribution in [1.29, 1.82) is 0 Å². The minimum atomic E-state index is -0.375. The number of halogens is 1. The summed E-state index contributed by atoms with van der Waals surface area (Å²) in [4.78, 5) is 11.2.